The molecule has 1 aromatic rings. The summed E-state index contributed by atoms with van der Waals surface area (Å²) >= 11 is 4.94. The zero-order valence-electron chi connectivity index (χ0n) is 5.22. The third kappa shape index (κ3) is 1.24. The largest absolute Gasteiger partial charge is 0.446 e. The Bertz CT molecular complexity index is 191. The smallest absolute Gasteiger partial charge is 0.396 e. The molecule has 0 aromatic carbocycles. The Balaban J connectivity index is 3.07. The Hall–Kier alpha value is -0.0900. The van der Waals surface area contributed by atoms with Crippen LogP contribution in [0.25, 0.3) is 0 Å². The van der Waals surface area contributed by atoms with Crippen LogP contribution in [0.2, 0.25) is 0 Å². The van der Waals surface area contributed by atoms with Crippen molar-refractivity contribution in [3.8, 4) is 5.88 Å². The Morgan fingerprint density at radius 3 is 2.67 bits per heavy atom. The molecule has 9 heavy (non-hydrogen) atoms. The molecule has 50 valence electrons. The average molecular weight is 209 g/mol. The maximum Gasteiger partial charge on any atom is 0.396 e. The van der Waals surface area contributed by atoms with Crippen molar-refractivity contribution in [3.63, 3.8) is 0 Å². The second-order valence-corrected chi connectivity index (χ2v) is 3.43. The summed E-state index contributed by atoms with van der Waals surface area (Å²) in [6.45, 7) is 0. The van der Waals surface area contributed by atoms with E-state index in [1.54, 1.807) is 18.6 Å². The number of halogens is 1. The molecule has 0 bridgehead atoms. The molecule has 0 fully saturated rings. The van der Waals surface area contributed by atoms with Gasteiger partial charge in [0.05, 0.1) is 12.5 Å². The fourth-order valence-corrected chi connectivity index (χ4v) is 2.02. The molecular formula is C5H7BrNOS+. The summed E-state index contributed by atoms with van der Waals surface area (Å²) in [7, 11) is 3.61. The van der Waals surface area contributed by atoms with Crippen LogP contribution in [0.4, 0.5) is 0 Å². The van der Waals surface area contributed by atoms with Gasteiger partial charge in [-0.1, -0.05) is 0 Å². The number of hydrogen-bond acceptors (Lipinski definition) is 2. The molecule has 0 aliphatic carbocycles. The van der Waals surface area contributed by atoms with E-state index in [4.69, 9.17) is 4.74 Å². The molecule has 4 heteroatoms. The lowest BCUT2D eigenvalue weighted by Gasteiger charge is -1.87. The van der Waals surface area contributed by atoms with Crippen molar-refractivity contribution in [1.82, 2.24) is 0 Å². The van der Waals surface area contributed by atoms with Gasteiger partial charge in [0.1, 0.15) is 16.0 Å². The van der Waals surface area contributed by atoms with Crippen LogP contribution in [0.15, 0.2) is 9.85 Å². The highest BCUT2D eigenvalue weighted by molar-refractivity contribution is 9.10. The van der Waals surface area contributed by atoms with Crippen molar-refractivity contribution in [2.24, 2.45) is 7.05 Å². The van der Waals surface area contributed by atoms with Crippen LogP contribution in [0.5, 0.6) is 5.88 Å². The van der Waals surface area contributed by atoms with Gasteiger partial charge in [-0.3, -0.25) is 0 Å². The fraction of sp³-hybridized carbons (Fsp3) is 0.400. The van der Waals surface area contributed by atoms with Crippen molar-refractivity contribution in [1.29, 1.82) is 0 Å². The number of hydrogen-bond donors (Lipinski definition) is 0. The van der Waals surface area contributed by atoms with Gasteiger partial charge in [-0.25, -0.2) is 0 Å². The van der Waals surface area contributed by atoms with Crippen molar-refractivity contribution in [2.45, 2.75) is 0 Å². The number of aryl methyl sites for hydroxylation is 1. The molecule has 0 saturated heterocycles. The SMILES string of the molecule is COc1c(Br)cs[n+]1C. The highest BCUT2D eigenvalue weighted by Crippen LogP contribution is 2.21. The summed E-state index contributed by atoms with van der Waals surface area (Å²) in [6, 6.07) is 0. The number of ether oxygens (including phenoxy) is 1. The van der Waals surface area contributed by atoms with E-state index in [1.165, 1.54) is 0 Å². The van der Waals surface area contributed by atoms with Crippen molar-refractivity contribution < 1.29 is 8.69 Å². The number of aromatic nitrogens is 1. The lowest BCUT2D eigenvalue weighted by molar-refractivity contribution is -0.607. The normalized spacial score (nSPS) is 9.67. The second kappa shape index (κ2) is 2.66. The van der Waals surface area contributed by atoms with Crippen LogP contribution in [-0.2, 0) is 7.05 Å². The molecule has 0 aliphatic rings. The summed E-state index contributed by atoms with van der Waals surface area (Å²) in [4.78, 5) is 0. The summed E-state index contributed by atoms with van der Waals surface area (Å²) < 4.78 is 8.00. The van der Waals surface area contributed by atoms with Gasteiger partial charge in [0.15, 0.2) is 7.05 Å². The zero-order valence-corrected chi connectivity index (χ0v) is 7.62. The summed E-state index contributed by atoms with van der Waals surface area (Å²) in [5.74, 6) is 0.875. The minimum absolute atomic E-state index is 0.875. The summed E-state index contributed by atoms with van der Waals surface area (Å²) in [5.41, 5.74) is 0. The molecule has 0 unspecified atom stereocenters. The van der Waals surface area contributed by atoms with Gasteiger partial charge in [0.2, 0.25) is 0 Å². The van der Waals surface area contributed by atoms with Crippen LogP contribution < -0.4 is 8.69 Å². The predicted octanol–water partition coefficient (Wildman–Crippen LogP) is 1.34. The molecule has 1 aromatic heterocycles. The lowest BCUT2D eigenvalue weighted by atomic mass is 10.7. The molecule has 0 aliphatic heterocycles. The monoisotopic (exact) mass is 208 g/mol. The van der Waals surface area contributed by atoms with Gasteiger partial charge < -0.3 is 4.74 Å². The fourth-order valence-electron chi connectivity index (χ4n) is 0.600. The number of methoxy groups -OCH3 is 1. The molecule has 0 atom stereocenters. The Morgan fingerprint density at radius 1 is 1.78 bits per heavy atom. The van der Waals surface area contributed by atoms with Crippen molar-refractivity contribution >= 4 is 27.5 Å². The van der Waals surface area contributed by atoms with Crippen molar-refractivity contribution in [2.75, 3.05) is 7.11 Å². The quantitative estimate of drug-likeness (QED) is 0.636. The second-order valence-electron chi connectivity index (χ2n) is 1.58. The van der Waals surface area contributed by atoms with Gasteiger partial charge >= 0.3 is 5.88 Å². The van der Waals surface area contributed by atoms with Gasteiger partial charge in [0.25, 0.3) is 0 Å². The minimum Gasteiger partial charge on any atom is -0.446 e. The molecule has 0 N–H and O–H groups in total. The Kier molecular flexibility index (Phi) is 2.08. The maximum atomic E-state index is 5.04. The third-order valence-corrected chi connectivity index (χ3v) is 2.69. The van der Waals surface area contributed by atoms with Gasteiger partial charge in [-0.2, -0.15) is 0 Å². The topological polar surface area (TPSA) is 13.1 Å². The minimum atomic E-state index is 0.875. The molecular weight excluding hydrogens is 202 g/mol. The van der Waals surface area contributed by atoms with Gasteiger partial charge in [0, 0.05) is 0 Å². The van der Waals surface area contributed by atoms with E-state index in [2.05, 4.69) is 15.9 Å². The molecule has 0 amide bonds. The van der Waals surface area contributed by atoms with E-state index in [1.807, 2.05) is 16.4 Å². The molecule has 1 heterocycles. The first-order chi connectivity index (χ1) is 4.25. The average Bonchev–Trinajstić information content (AvgIpc) is 2.12. The van der Waals surface area contributed by atoms with Crippen LogP contribution in [0.3, 0.4) is 0 Å². The van der Waals surface area contributed by atoms with Gasteiger partial charge in [-0.05, 0) is 15.9 Å². The molecule has 0 radical (unpaired) electrons. The van der Waals surface area contributed by atoms with E-state index >= 15 is 0 Å². The maximum absolute atomic E-state index is 5.04. The molecule has 1 rings (SSSR count). The molecule has 2 nitrogen and oxygen atoms in total. The first-order valence-corrected chi connectivity index (χ1v) is 4.06. The Morgan fingerprint density at radius 2 is 2.44 bits per heavy atom. The van der Waals surface area contributed by atoms with Crippen LogP contribution in [0.1, 0.15) is 0 Å². The first kappa shape index (κ1) is 7.02. The van der Waals surface area contributed by atoms with Crippen LogP contribution in [0, 0.1) is 0 Å². The number of rotatable bonds is 1. The highest BCUT2D eigenvalue weighted by atomic mass is 79.9. The molecule has 0 spiro atoms. The molecule has 0 saturated carbocycles. The third-order valence-electron chi connectivity index (χ3n) is 0.998. The number of nitrogens with zero attached hydrogens (tertiary/aromatic N) is 1. The predicted molar refractivity (Wildman–Crippen MR) is 39.7 cm³/mol. The van der Waals surface area contributed by atoms with E-state index in [9.17, 15) is 0 Å². The van der Waals surface area contributed by atoms with E-state index in [-0.39, 0.29) is 0 Å². The van der Waals surface area contributed by atoms with E-state index < -0.39 is 0 Å². The summed E-state index contributed by atoms with van der Waals surface area (Å²) in [5, 5.41) is 1.98. The van der Waals surface area contributed by atoms with Gasteiger partial charge in [-0.15, -0.1) is 3.96 Å². The Labute approximate surface area is 66.4 Å². The summed E-state index contributed by atoms with van der Waals surface area (Å²) in [6.07, 6.45) is 0. The van der Waals surface area contributed by atoms with E-state index in [0.717, 1.165) is 10.4 Å². The first-order valence-electron chi connectivity index (χ1n) is 2.43. The van der Waals surface area contributed by atoms with Crippen molar-refractivity contribution in [3.05, 3.63) is 9.85 Å². The van der Waals surface area contributed by atoms with Crippen LogP contribution in [-0.4, -0.2) is 7.11 Å². The lowest BCUT2D eigenvalue weighted by Crippen LogP contribution is -2.23. The van der Waals surface area contributed by atoms with E-state index in [0.29, 0.717) is 0 Å². The standard InChI is InChI=1S/C5H7BrNOS/c1-7-5(8-2)4(6)3-9-7/h3H,1-2H3/q+1. The van der Waals surface area contributed by atoms with Crippen LogP contribution >= 0.6 is 27.5 Å². The zero-order chi connectivity index (χ0) is 6.85. The highest BCUT2D eigenvalue weighted by Gasteiger charge is 2.13.